The van der Waals surface area contributed by atoms with E-state index in [1.54, 1.807) is 11.3 Å². The average molecular weight is 401 g/mol. The first-order chi connectivity index (χ1) is 13.6. The molecular formula is C21H28N4O2S. The van der Waals surface area contributed by atoms with Crippen molar-refractivity contribution in [2.45, 2.75) is 45.6 Å². The van der Waals surface area contributed by atoms with Gasteiger partial charge in [0.05, 0.1) is 18.8 Å². The number of hydrogen-bond donors (Lipinski definition) is 1. The zero-order valence-electron chi connectivity index (χ0n) is 16.6. The number of morpholine rings is 1. The standard InChI is InChI=1S/C21H28N4O2S/c1-14-5-3-6-16(11-14)20(26)25-9-10-27-18(13-25)17-7-4-8-19(23-17)24-21-22-12-15(2)28-21/h4,7-8,12,14,16,18H,3,5-6,9-11,13H2,1-2H3,(H,22,23,24)/t14-,16-,18+/m1/s1. The second kappa shape index (κ2) is 8.57. The van der Waals surface area contributed by atoms with E-state index in [9.17, 15) is 4.79 Å². The molecule has 0 aromatic carbocycles. The maximum absolute atomic E-state index is 13.0. The van der Waals surface area contributed by atoms with Gasteiger partial charge in [0.1, 0.15) is 11.9 Å². The molecule has 0 unspecified atom stereocenters. The number of hydrogen-bond acceptors (Lipinski definition) is 6. The SMILES string of the molecule is Cc1cnc(Nc2cccc([C@@H]3CN(C(=O)[C@@H]4CCC[C@@H](C)C4)CCO3)n2)s1. The fourth-order valence-electron chi connectivity index (χ4n) is 4.17. The van der Waals surface area contributed by atoms with E-state index in [0.29, 0.717) is 31.5 Å². The van der Waals surface area contributed by atoms with E-state index < -0.39 is 0 Å². The molecule has 1 aliphatic heterocycles. The van der Waals surface area contributed by atoms with Crippen LogP contribution in [-0.2, 0) is 9.53 Å². The van der Waals surface area contributed by atoms with E-state index in [0.717, 1.165) is 40.8 Å². The van der Waals surface area contributed by atoms with Crippen molar-refractivity contribution >= 4 is 28.2 Å². The molecule has 0 bridgehead atoms. The molecule has 0 spiro atoms. The minimum Gasteiger partial charge on any atom is -0.368 e. The number of nitrogens with zero attached hydrogens (tertiary/aromatic N) is 3. The van der Waals surface area contributed by atoms with Crippen LogP contribution in [0.1, 0.15) is 49.3 Å². The highest BCUT2D eigenvalue weighted by Gasteiger charge is 2.32. The predicted molar refractivity (Wildman–Crippen MR) is 111 cm³/mol. The van der Waals surface area contributed by atoms with Crippen molar-refractivity contribution in [3.8, 4) is 0 Å². The van der Waals surface area contributed by atoms with E-state index in [-0.39, 0.29) is 12.0 Å². The van der Waals surface area contributed by atoms with Gasteiger partial charge in [-0.15, -0.1) is 11.3 Å². The average Bonchev–Trinajstić information content (AvgIpc) is 3.12. The van der Waals surface area contributed by atoms with E-state index in [4.69, 9.17) is 9.72 Å². The molecule has 3 heterocycles. The van der Waals surface area contributed by atoms with Crippen molar-refractivity contribution in [3.63, 3.8) is 0 Å². The normalized spacial score (nSPS) is 25.5. The number of pyridine rings is 1. The maximum atomic E-state index is 13.0. The van der Waals surface area contributed by atoms with Gasteiger partial charge in [-0.2, -0.15) is 0 Å². The Morgan fingerprint density at radius 1 is 1.36 bits per heavy atom. The van der Waals surface area contributed by atoms with Gasteiger partial charge in [0.15, 0.2) is 5.13 Å². The molecule has 2 fully saturated rings. The largest absolute Gasteiger partial charge is 0.368 e. The Hall–Kier alpha value is -1.99. The molecule has 1 aliphatic carbocycles. The van der Waals surface area contributed by atoms with Gasteiger partial charge < -0.3 is 15.0 Å². The topological polar surface area (TPSA) is 67.4 Å². The van der Waals surface area contributed by atoms with Crippen molar-refractivity contribution in [1.29, 1.82) is 0 Å². The van der Waals surface area contributed by atoms with Crippen LogP contribution in [0.4, 0.5) is 10.9 Å². The first kappa shape index (κ1) is 19.3. The Balaban J connectivity index is 1.42. The van der Waals surface area contributed by atoms with Gasteiger partial charge in [0.2, 0.25) is 5.91 Å². The minimum atomic E-state index is -0.182. The number of aromatic nitrogens is 2. The van der Waals surface area contributed by atoms with Gasteiger partial charge in [-0.25, -0.2) is 9.97 Å². The molecule has 2 aromatic heterocycles. The summed E-state index contributed by atoms with van der Waals surface area (Å²) in [4.78, 5) is 25.2. The molecule has 1 saturated heterocycles. The monoisotopic (exact) mass is 400 g/mol. The number of ether oxygens (including phenoxy) is 1. The molecule has 3 atom stereocenters. The lowest BCUT2D eigenvalue weighted by molar-refractivity contribution is -0.145. The summed E-state index contributed by atoms with van der Waals surface area (Å²) >= 11 is 1.60. The quantitative estimate of drug-likeness (QED) is 0.828. The molecule has 0 radical (unpaired) electrons. The van der Waals surface area contributed by atoms with Gasteiger partial charge in [-0.1, -0.05) is 25.8 Å². The van der Waals surface area contributed by atoms with Crippen LogP contribution in [0.3, 0.4) is 0 Å². The smallest absolute Gasteiger partial charge is 0.225 e. The first-order valence-corrected chi connectivity index (χ1v) is 11.0. The number of nitrogens with one attached hydrogen (secondary N) is 1. The molecule has 2 aromatic rings. The molecule has 6 nitrogen and oxygen atoms in total. The van der Waals surface area contributed by atoms with Gasteiger partial charge in [-0.05, 0) is 37.8 Å². The zero-order valence-corrected chi connectivity index (χ0v) is 17.4. The number of carbonyl (C=O) groups excluding carboxylic acids is 1. The lowest BCUT2D eigenvalue weighted by atomic mass is 9.81. The highest BCUT2D eigenvalue weighted by atomic mass is 32.1. The zero-order chi connectivity index (χ0) is 19.5. The van der Waals surface area contributed by atoms with Crippen molar-refractivity contribution in [2.24, 2.45) is 11.8 Å². The Kier molecular flexibility index (Phi) is 5.92. The minimum absolute atomic E-state index is 0.177. The number of amides is 1. The summed E-state index contributed by atoms with van der Waals surface area (Å²) in [6.45, 7) is 6.10. The Labute approximate surface area is 170 Å². The number of carbonyl (C=O) groups is 1. The predicted octanol–water partition coefficient (Wildman–Crippen LogP) is 4.32. The van der Waals surface area contributed by atoms with Crippen LogP contribution in [0.2, 0.25) is 0 Å². The summed E-state index contributed by atoms with van der Waals surface area (Å²) in [7, 11) is 0. The van der Waals surface area contributed by atoms with Crippen molar-refractivity contribution in [3.05, 3.63) is 35.0 Å². The number of aryl methyl sites for hydroxylation is 1. The summed E-state index contributed by atoms with van der Waals surface area (Å²) in [6.07, 6.45) is 6.12. The summed E-state index contributed by atoms with van der Waals surface area (Å²) in [5.74, 6) is 1.88. The molecular weight excluding hydrogens is 372 g/mol. The van der Waals surface area contributed by atoms with E-state index in [1.165, 1.54) is 6.42 Å². The molecule has 150 valence electrons. The summed E-state index contributed by atoms with van der Waals surface area (Å²) in [5, 5.41) is 4.08. The Morgan fingerprint density at radius 3 is 3.04 bits per heavy atom. The number of anilines is 2. The fraction of sp³-hybridized carbons (Fsp3) is 0.571. The maximum Gasteiger partial charge on any atom is 0.225 e. The van der Waals surface area contributed by atoms with Crippen LogP contribution < -0.4 is 5.32 Å². The van der Waals surface area contributed by atoms with E-state index in [2.05, 4.69) is 17.2 Å². The van der Waals surface area contributed by atoms with Gasteiger partial charge >= 0.3 is 0 Å². The molecule has 28 heavy (non-hydrogen) atoms. The fourth-order valence-corrected chi connectivity index (χ4v) is 4.84. The van der Waals surface area contributed by atoms with Crippen LogP contribution in [0, 0.1) is 18.8 Å². The third-order valence-corrected chi connectivity index (χ3v) is 6.45. The van der Waals surface area contributed by atoms with Crippen LogP contribution in [0.15, 0.2) is 24.4 Å². The van der Waals surface area contributed by atoms with Crippen molar-refractivity contribution in [2.75, 3.05) is 25.0 Å². The van der Waals surface area contributed by atoms with Gasteiger partial charge in [-0.3, -0.25) is 4.79 Å². The van der Waals surface area contributed by atoms with Crippen LogP contribution in [0.25, 0.3) is 0 Å². The molecule has 7 heteroatoms. The second-order valence-corrected chi connectivity index (χ2v) is 9.20. The van der Waals surface area contributed by atoms with Gasteiger partial charge in [0, 0.05) is 23.5 Å². The van der Waals surface area contributed by atoms with Crippen LogP contribution in [0.5, 0.6) is 0 Å². The summed E-state index contributed by atoms with van der Waals surface area (Å²) < 4.78 is 5.97. The highest BCUT2D eigenvalue weighted by molar-refractivity contribution is 7.15. The first-order valence-electron chi connectivity index (χ1n) is 10.2. The molecule has 1 saturated carbocycles. The second-order valence-electron chi connectivity index (χ2n) is 7.96. The van der Waals surface area contributed by atoms with Crippen LogP contribution in [-0.4, -0.2) is 40.5 Å². The number of rotatable bonds is 4. The number of thiazole rings is 1. The molecule has 1 N–H and O–H groups in total. The van der Waals surface area contributed by atoms with E-state index in [1.807, 2.05) is 36.2 Å². The van der Waals surface area contributed by atoms with E-state index >= 15 is 0 Å². The lowest BCUT2D eigenvalue weighted by Crippen LogP contribution is -2.45. The molecule has 4 rings (SSSR count). The van der Waals surface area contributed by atoms with Gasteiger partial charge in [0.25, 0.3) is 0 Å². The van der Waals surface area contributed by atoms with Crippen molar-refractivity contribution < 1.29 is 9.53 Å². The van der Waals surface area contributed by atoms with Crippen LogP contribution >= 0.6 is 11.3 Å². The third-order valence-electron chi connectivity index (χ3n) is 5.62. The summed E-state index contributed by atoms with van der Waals surface area (Å²) in [6, 6.07) is 5.87. The highest BCUT2D eigenvalue weighted by Crippen LogP contribution is 2.31. The van der Waals surface area contributed by atoms with Crippen molar-refractivity contribution in [1.82, 2.24) is 14.9 Å². The molecule has 2 aliphatic rings. The Morgan fingerprint density at radius 2 is 2.25 bits per heavy atom. The summed E-state index contributed by atoms with van der Waals surface area (Å²) in [5.41, 5.74) is 0.854. The Bertz CT molecular complexity index is 824. The third kappa shape index (κ3) is 4.52. The molecule has 1 amide bonds. The lowest BCUT2D eigenvalue weighted by Gasteiger charge is -2.36.